The molecule has 1 heterocycles. The molecule has 2 amide bonds. The molecule has 0 fully saturated rings. The van der Waals surface area contributed by atoms with Crippen LogP contribution in [0.5, 0.6) is 0 Å². The van der Waals surface area contributed by atoms with Crippen LogP contribution >= 0.6 is 11.3 Å². The van der Waals surface area contributed by atoms with Gasteiger partial charge in [-0.3, -0.25) is 14.5 Å². The molecule has 35 heavy (non-hydrogen) atoms. The molecule has 2 N–H and O–H groups in total. The van der Waals surface area contributed by atoms with E-state index in [1.807, 2.05) is 62.4 Å². The fourth-order valence-corrected chi connectivity index (χ4v) is 4.61. The van der Waals surface area contributed by atoms with E-state index in [1.165, 1.54) is 11.3 Å². The molecule has 2 aromatic carbocycles. The van der Waals surface area contributed by atoms with Crippen molar-refractivity contribution in [1.29, 1.82) is 0 Å². The van der Waals surface area contributed by atoms with Crippen molar-refractivity contribution in [3.8, 4) is 10.4 Å². The summed E-state index contributed by atoms with van der Waals surface area (Å²) in [5.41, 5.74) is 3.99. The topological polar surface area (TPSA) is 87.7 Å². The number of nitrogens with one attached hydrogen (secondary N) is 2. The number of rotatable bonds is 9. The van der Waals surface area contributed by atoms with E-state index in [1.54, 1.807) is 31.9 Å². The maximum atomic E-state index is 13.1. The first-order valence-electron chi connectivity index (χ1n) is 11.4. The summed E-state index contributed by atoms with van der Waals surface area (Å²) >= 11 is 1.31. The Morgan fingerprint density at radius 3 is 2.29 bits per heavy atom. The van der Waals surface area contributed by atoms with Gasteiger partial charge in [-0.15, -0.1) is 11.3 Å². The number of hydrogen-bond donors (Lipinski definition) is 2. The molecule has 1 atom stereocenters. The zero-order chi connectivity index (χ0) is 25.5. The number of benzene rings is 2. The minimum atomic E-state index is -0.615. The molecule has 0 bridgehead atoms. The molecule has 0 aliphatic heterocycles. The quantitative estimate of drug-likeness (QED) is 0.405. The van der Waals surface area contributed by atoms with Gasteiger partial charge in [0, 0.05) is 10.6 Å². The molecule has 0 saturated heterocycles. The second-order valence-electron chi connectivity index (χ2n) is 8.34. The first-order chi connectivity index (χ1) is 16.7. The van der Waals surface area contributed by atoms with E-state index >= 15 is 0 Å². The molecular formula is C27H31N3O4S. The van der Waals surface area contributed by atoms with Gasteiger partial charge in [0.25, 0.3) is 0 Å². The van der Waals surface area contributed by atoms with Crippen LogP contribution in [0, 0.1) is 13.8 Å². The Labute approximate surface area is 210 Å². The Kier molecular flexibility index (Phi) is 8.78. The molecule has 3 aromatic rings. The van der Waals surface area contributed by atoms with Gasteiger partial charge in [-0.1, -0.05) is 48.5 Å². The minimum Gasteiger partial charge on any atom is -0.462 e. The highest BCUT2D eigenvalue weighted by molar-refractivity contribution is 7.20. The number of esters is 1. The van der Waals surface area contributed by atoms with E-state index in [0.29, 0.717) is 10.6 Å². The van der Waals surface area contributed by atoms with Crippen LogP contribution in [0.4, 0.5) is 10.7 Å². The lowest BCUT2D eigenvalue weighted by Crippen LogP contribution is -2.43. The first-order valence-corrected chi connectivity index (χ1v) is 12.3. The average Bonchev–Trinajstić information content (AvgIpc) is 3.25. The number of para-hydroxylation sites is 1. The highest BCUT2D eigenvalue weighted by atomic mass is 32.1. The SMILES string of the molecule is CCOC(=O)c1cc(-c2ccccc2)sc1NC(=O)C(C)N(C)CC(=O)Nc1c(C)cccc1C. The maximum absolute atomic E-state index is 13.1. The molecule has 0 radical (unpaired) electrons. The summed E-state index contributed by atoms with van der Waals surface area (Å²) in [5.74, 6) is -1.02. The summed E-state index contributed by atoms with van der Waals surface area (Å²) in [7, 11) is 1.71. The van der Waals surface area contributed by atoms with Crippen molar-refractivity contribution in [1.82, 2.24) is 4.90 Å². The summed E-state index contributed by atoms with van der Waals surface area (Å²) in [6.07, 6.45) is 0. The van der Waals surface area contributed by atoms with Crippen molar-refractivity contribution in [3.63, 3.8) is 0 Å². The summed E-state index contributed by atoms with van der Waals surface area (Å²) in [6, 6.07) is 16.6. The summed E-state index contributed by atoms with van der Waals surface area (Å²) < 4.78 is 5.19. The van der Waals surface area contributed by atoms with Crippen molar-refractivity contribution in [3.05, 3.63) is 71.3 Å². The Morgan fingerprint density at radius 1 is 1.00 bits per heavy atom. The third-order valence-electron chi connectivity index (χ3n) is 5.70. The fraction of sp³-hybridized carbons (Fsp3) is 0.296. The summed E-state index contributed by atoms with van der Waals surface area (Å²) in [4.78, 5) is 40.7. The van der Waals surface area contributed by atoms with E-state index in [4.69, 9.17) is 4.74 Å². The zero-order valence-corrected chi connectivity index (χ0v) is 21.5. The second kappa shape index (κ2) is 11.8. The molecule has 7 nitrogen and oxygen atoms in total. The van der Waals surface area contributed by atoms with Crippen LogP contribution in [-0.2, 0) is 14.3 Å². The third kappa shape index (κ3) is 6.55. The standard InChI is InChI=1S/C27H31N3O4S/c1-6-34-27(33)21-15-22(20-13-8-7-9-14-20)35-26(21)29-25(32)19(4)30(5)16-23(31)28-24-17(2)11-10-12-18(24)3/h7-15,19H,6,16H2,1-5H3,(H,28,31)(H,29,32). The predicted octanol–water partition coefficient (Wildman–Crippen LogP) is 5.11. The van der Waals surface area contributed by atoms with Crippen LogP contribution in [0.1, 0.15) is 35.3 Å². The van der Waals surface area contributed by atoms with E-state index < -0.39 is 12.0 Å². The maximum Gasteiger partial charge on any atom is 0.341 e. The predicted molar refractivity (Wildman–Crippen MR) is 141 cm³/mol. The largest absolute Gasteiger partial charge is 0.462 e. The number of likely N-dealkylation sites (N-methyl/N-ethyl adjacent to an activating group) is 1. The van der Waals surface area contributed by atoms with Gasteiger partial charge in [0.1, 0.15) is 5.00 Å². The summed E-state index contributed by atoms with van der Waals surface area (Å²) in [6.45, 7) is 7.60. The van der Waals surface area contributed by atoms with Gasteiger partial charge in [-0.05, 0) is 57.5 Å². The molecule has 8 heteroatoms. The van der Waals surface area contributed by atoms with Crippen LogP contribution in [0.25, 0.3) is 10.4 Å². The van der Waals surface area contributed by atoms with Gasteiger partial charge in [0.2, 0.25) is 11.8 Å². The number of ether oxygens (including phenoxy) is 1. The Bertz CT molecular complexity index is 1190. The number of aryl methyl sites for hydroxylation is 2. The average molecular weight is 494 g/mol. The van der Waals surface area contributed by atoms with Gasteiger partial charge >= 0.3 is 5.97 Å². The van der Waals surface area contributed by atoms with Crippen molar-refractivity contribution < 1.29 is 19.1 Å². The Balaban J connectivity index is 1.71. The van der Waals surface area contributed by atoms with E-state index in [9.17, 15) is 14.4 Å². The van der Waals surface area contributed by atoms with Crippen molar-refractivity contribution in [2.75, 3.05) is 30.8 Å². The van der Waals surface area contributed by atoms with Crippen molar-refractivity contribution in [2.24, 2.45) is 0 Å². The number of carbonyl (C=O) groups is 3. The second-order valence-corrected chi connectivity index (χ2v) is 9.39. The van der Waals surface area contributed by atoms with E-state index in [0.717, 1.165) is 27.3 Å². The monoisotopic (exact) mass is 493 g/mol. The molecule has 1 aromatic heterocycles. The minimum absolute atomic E-state index is 0.0345. The van der Waals surface area contributed by atoms with Gasteiger partial charge < -0.3 is 15.4 Å². The lowest BCUT2D eigenvalue weighted by molar-refractivity contribution is -0.122. The van der Waals surface area contributed by atoms with Crippen LogP contribution in [0.3, 0.4) is 0 Å². The van der Waals surface area contributed by atoms with Crippen LogP contribution in [0.15, 0.2) is 54.6 Å². The molecule has 1 unspecified atom stereocenters. The Morgan fingerprint density at radius 2 is 1.66 bits per heavy atom. The lowest BCUT2D eigenvalue weighted by Gasteiger charge is -2.23. The summed E-state index contributed by atoms with van der Waals surface area (Å²) in [5, 5.41) is 6.23. The van der Waals surface area contributed by atoms with E-state index in [2.05, 4.69) is 10.6 Å². The molecule has 0 aliphatic rings. The number of thiophene rings is 1. The molecule has 184 valence electrons. The van der Waals surface area contributed by atoms with Crippen LogP contribution in [0.2, 0.25) is 0 Å². The third-order valence-corrected chi connectivity index (χ3v) is 6.80. The molecule has 3 rings (SSSR count). The number of hydrogen-bond acceptors (Lipinski definition) is 6. The highest BCUT2D eigenvalue weighted by Crippen LogP contribution is 2.36. The lowest BCUT2D eigenvalue weighted by atomic mass is 10.1. The first kappa shape index (κ1) is 26.1. The van der Waals surface area contributed by atoms with Gasteiger partial charge in [-0.2, -0.15) is 0 Å². The number of anilines is 2. The van der Waals surface area contributed by atoms with Gasteiger partial charge in [0.05, 0.1) is 24.8 Å². The molecule has 0 spiro atoms. The van der Waals surface area contributed by atoms with Crippen molar-refractivity contribution >= 4 is 39.8 Å². The Hall–Kier alpha value is -3.49. The van der Waals surface area contributed by atoms with Crippen LogP contribution in [-0.4, -0.2) is 48.9 Å². The van der Waals surface area contributed by atoms with Gasteiger partial charge in [-0.25, -0.2) is 4.79 Å². The van der Waals surface area contributed by atoms with Crippen molar-refractivity contribution in [2.45, 2.75) is 33.7 Å². The fourth-order valence-electron chi connectivity index (χ4n) is 3.56. The zero-order valence-electron chi connectivity index (χ0n) is 20.7. The normalized spacial score (nSPS) is 11.7. The highest BCUT2D eigenvalue weighted by Gasteiger charge is 2.25. The van der Waals surface area contributed by atoms with Gasteiger partial charge in [0.15, 0.2) is 0 Å². The van der Waals surface area contributed by atoms with E-state index in [-0.39, 0.29) is 25.0 Å². The molecule has 0 saturated carbocycles. The molecular weight excluding hydrogens is 462 g/mol. The number of amides is 2. The van der Waals surface area contributed by atoms with Crippen LogP contribution < -0.4 is 10.6 Å². The number of carbonyl (C=O) groups excluding carboxylic acids is 3. The number of nitrogens with zero attached hydrogens (tertiary/aromatic N) is 1. The smallest absolute Gasteiger partial charge is 0.341 e. The molecule has 0 aliphatic carbocycles.